The number of alkyl halides is 1. The van der Waals surface area contributed by atoms with Gasteiger partial charge in [0.1, 0.15) is 18.3 Å². The van der Waals surface area contributed by atoms with Crippen LogP contribution in [-0.4, -0.2) is 58.7 Å². The lowest BCUT2D eigenvalue weighted by atomic mass is 9.84. The molecule has 6 nitrogen and oxygen atoms in total. The van der Waals surface area contributed by atoms with Gasteiger partial charge in [-0.15, -0.1) is 0 Å². The molecule has 0 saturated carbocycles. The maximum atomic E-state index is 14.1. The van der Waals surface area contributed by atoms with Crippen LogP contribution in [0.4, 0.5) is 13.6 Å². The number of amides is 2. The fourth-order valence-corrected chi connectivity index (χ4v) is 4.31. The van der Waals surface area contributed by atoms with Gasteiger partial charge in [0.05, 0.1) is 11.7 Å². The maximum Gasteiger partial charge on any atom is 0.320 e. The molecule has 2 amide bonds. The fourth-order valence-electron chi connectivity index (χ4n) is 4.31. The summed E-state index contributed by atoms with van der Waals surface area (Å²) in [5.41, 5.74) is 7.80. The van der Waals surface area contributed by atoms with E-state index in [1.807, 2.05) is 67.9 Å². The molecule has 0 bridgehead atoms. The number of carbonyl (C=O) groups excluding carboxylic acids is 1. The lowest BCUT2D eigenvalue weighted by Crippen LogP contribution is -2.48. The van der Waals surface area contributed by atoms with Gasteiger partial charge in [-0.05, 0) is 29.5 Å². The predicted octanol–water partition coefficient (Wildman–Crippen LogP) is 5.50. The van der Waals surface area contributed by atoms with Crippen molar-refractivity contribution in [3.05, 3.63) is 78.0 Å². The van der Waals surface area contributed by atoms with Gasteiger partial charge >= 0.3 is 6.03 Å². The van der Waals surface area contributed by atoms with Gasteiger partial charge < -0.3 is 20.1 Å². The average Bonchev–Trinajstić information content (AvgIpc) is 3.23. The summed E-state index contributed by atoms with van der Waals surface area (Å²) in [6.45, 7) is 6.29. The maximum absolute atomic E-state index is 14.1. The van der Waals surface area contributed by atoms with Crippen molar-refractivity contribution in [2.24, 2.45) is 11.1 Å². The Kier molecular flexibility index (Phi) is 8.84. The number of aromatic nitrogens is 2. The zero-order valence-electron chi connectivity index (χ0n) is 21.8. The number of imidazole rings is 1. The second-order valence-corrected chi connectivity index (χ2v) is 10.5. The third-order valence-corrected chi connectivity index (χ3v) is 6.07. The number of urea groups is 1. The molecule has 1 aromatic heterocycles. The van der Waals surface area contributed by atoms with E-state index in [2.05, 4.69) is 0 Å². The van der Waals surface area contributed by atoms with E-state index >= 15 is 0 Å². The molecule has 0 aliphatic rings. The number of nitrogens with zero attached hydrogens (tertiary/aromatic N) is 4. The van der Waals surface area contributed by atoms with E-state index < -0.39 is 24.2 Å². The molecule has 8 heteroatoms. The number of benzene rings is 2. The van der Waals surface area contributed by atoms with Crippen molar-refractivity contribution in [2.45, 2.75) is 45.8 Å². The summed E-state index contributed by atoms with van der Waals surface area (Å²) < 4.78 is 29.3. The van der Waals surface area contributed by atoms with Crippen LogP contribution in [0.2, 0.25) is 0 Å². The normalized spacial score (nSPS) is 13.3. The molecule has 0 aliphatic carbocycles. The Labute approximate surface area is 212 Å². The number of rotatable bonds is 9. The van der Waals surface area contributed by atoms with E-state index in [1.54, 1.807) is 25.1 Å². The van der Waals surface area contributed by atoms with Crippen molar-refractivity contribution in [2.75, 3.05) is 27.3 Å². The first kappa shape index (κ1) is 27.3. The van der Waals surface area contributed by atoms with E-state index in [0.717, 1.165) is 5.56 Å². The van der Waals surface area contributed by atoms with Gasteiger partial charge in [-0.2, -0.15) is 0 Å². The minimum Gasteiger partial charge on any atom is -0.331 e. The van der Waals surface area contributed by atoms with Crippen LogP contribution in [0.3, 0.4) is 0 Å². The molecule has 0 radical (unpaired) electrons. The van der Waals surface area contributed by atoms with E-state index in [4.69, 9.17) is 10.7 Å². The van der Waals surface area contributed by atoms with Crippen LogP contribution in [0.15, 0.2) is 60.8 Å². The Hall–Kier alpha value is -3.26. The lowest BCUT2D eigenvalue weighted by molar-refractivity contribution is 0.0899. The molecule has 3 aromatic rings. The number of halogens is 2. The molecule has 1 heterocycles. The molecule has 0 spiro atoms. The summed E-state index contributed by atoms with van der Waals surface area (Å²) in [6.07, 6.45) is 2.22. The quantitative estimate of drug-likeness (QED) is 0.425. The molecular weight excluding hydrogens is 460 g/mol. The second kappa shape index (κ2) is 11.6. The molecule has 2 N–H and O–H groups in total. The monoisotopic (exact) mass is 497 g/mol. The highest BCUT2D eigenvalue weighted by molar-refractivity contribution is 5.74. The molecule has 1 unspecified atom stereocenters. The summed E-state index contributed by atoms with van der Waals surface area (Å²) in [5.74, 6) is 0.332. The van der Waals surface area contributed by atoms with E-state index in [0.29, 0.717) is 30.0 Å². The molecule has 2 atom stereocenters. The van der Waals surface area contributed by atoms with Gasteiger partial charge in [-0.3, -0.25) is 0 Å². The summed E-state index contributed by atoms with van der Waals surface area (Å²) in [4.78, 5) is 21.6. The van der Waals surface area contributed by atoms with Crippen molar-refractivity contribution in [1.29, 1.82) is 0 Å². The minimum absolute atomic E-state index is 0.206. The van der Waals surface area contributed by atoms with Gasteiger partial charge in [-0.25, -0.2) is 18.6 Å². The van der Waals surface area contributed by atoms with Crippen LogP contribution in [0.25, 0.3) is 11.3 Å². The zero-order chi connectivity index (χ0) is 26.5. The van der Waals surface area contributed by atoms with Crippen LogP contribution in [0, 0.1) is 11.2 Å². The van der Waals surface area contributed by atoms with Crippen molar-refractivity contribution >= 4 is 6.03 Å². The average molecular weight is 498 g/mol. The third-order valence-electron chi connectivity index (χ3n) is 6.07. The molecule has 36 heavy (non-hydrogen) atoms. The Morgan fingerprint density at radius 1 is 1.11 bits per heavy atom. The molecule has 3 rings (SSSR count). The van der Waals surface area contributed by atoms with Gasteiger partial charge in [-0.1, -0.05) is 63.2 Å². The summed E-state index contributed by atoms with van der Waals surface area (Å²) >= 11 is 0. The molecule has 0 fully saturated rings. The van der Waals surface area contributed by atoms with Gasteiger partial charge in [0.2, 0.25) is 0 Å². The Balaban J connectivity index is 2.17. The van der Waals surface area contributed by atoms with Crippen LogP contribution in [0.1, 0.15) is 44.6 Å². The minimum atomic E-state index is -0.657. The molecule has 0 aliphatic heterocycles. The highest BCUT2D eigenvalue weighted by Crippen LogP contribution is 2.39. The van der Waals surface area contributed by atoms with Crippen molar-refractivity contribution in [1.82, 2.24) is 19.4 Å². The highest BCUT2D eigenvalue weighted by atomic mass is 19.1. The molecule has 0 saturated heterocycles. The van der Waals surface area contributed by atoms with E-state index in [9.17, 15) is 13.6 Å². The fraction of sp³-hybridized carbons (Fsp3) is 0.429. The van der Waals surface area contributed by atoms with Gasteiger partial charge in [0.25, 0.3) is 0 Å². The molecular formula is C28H37F2N5O. The van der Waals surface area contributed by atoms with Crippen molar-refractivity contribution in [3.8, 4) is 11.3 Å². The van der Waals surface area contributed by atoms with Crippen LogP contribution in [-0.2, 0) is 6.54 Å². The Morgan fingerprint density at radius 2 is 1.81 bits per heavy atom. The number of hydrogen-bond donors (Lipinski definition) is 1. The number of nitrogens with two attached hydrogens (primary N) is 1. The Bertz CT molecular complexity index is 1140. The van der Waals surface area contributed by atoms with Crippen molar-refractivity contribution in [3.63, 3.8) is 0 Å². The van der Waals surface area contributed by atoms with E-state index in [-0.39, 0.29) is 18.4 Å². The molecule has 194 valence electrons. The first-order chi connectivity index (χ1) is 17.0. The second-order valence-electron chi connectivity index (χ2n) is 10.5. The summed E-state index contributed by atoms with van der Waals surface area (Å²) in [7, 11) is 3.39. The molecule has 2 aromatic carbocycles. The number of carbonyl (C=O) groups is 1. The summed E-state index contributed by atoms with van der Waals surface area (Å²) in [5, 5.41) is 0. The van der Waals surface area contributed by atoms with Gasteiger partial charge in [0, 0.05) is 45.0 Å². The van der Waals surface area contributed by atoms with Crippen LogP contribution < -0.4 is 5.73 Å². The SMILES string of the molecule is CN(C)C(=O)N(CC[C@@H](N)CF)C(c1nc(-c2cccc(F)c2)cn1Cc1ccccc1)C(C)(C)C. The Morgan fingerprint density at radius 3 is 2.39 bits per heavy atom. The third kappa shape index (κ3) is 6.69. The first-order valence-corrected chi connectivity index (χ1v) is 12.2. The predicted molar refractivity (Wildman–Crippen MR) is 140 cm³/mol. The van der Waals surface area contributed by atoms with Gasteiger partial charge in [0.15, 0.2) is 0 Å². The highest BCUT2D eigenvalue weighted by Gasteiger charge is 2.39. The summed E-state index contributed by atoms with van der Waals surface area (Å²) in [6, 6.07) is 15.0. The van der Waals surface area contributed by atoms with Crippen molar-refractivity contribution < 1.29 is 13.6 Å². The lowest BCUT2D eigenvalue weighted by Gasteiger charge is -2.41. The van der Waals surface area contributed by atoms with Crippen LogP contribution in [0.5, 0.6) is 0 Å². The smallest absolute Gasteiger partial charge is 0.320 e. The largest absolute Gasteiger partial charge is 0.331 e. The van der Waals surface area contributed by atoms with Crippen LogP contribution >= 0.6 is 0 Å². The standard InChI is InChI=1S/C28H37F2N5O/c1-28(2,3)25(35(27(36)33(4)5)15-14-23(31)17-29)26-32-24(21-12-9-13-22(30)16-21)19-34(26)18-20-10-7-6-8-11-20/h6-13,16,19,23,25H,14-15,17-18,31H2,1-5H3/t23-,25?/m1/s1. The first-order valence-electron chi connectivity index (χ1n) is 12.2. The topological polar surface area (TPSA) is 67.4 Å². The number of hydrogen-bond acceptors (Lipinski definition) is 3. The van der Waals surface area contributed by atoms with E-state index in [1.165, 1.54) is 17.0 Å². The zero-order valence-corrected chi connectivity index (χ0v) is 21.8.